The van der Waals surface area contributed by atoms with E-state index in [9.17, 15) is 0 Å². The zero-order valence-electron chi connectivity index (χ0n) is 20.9. The van der Waals surface area contributed by atoms with E-state index in [0.29, 0.717) is 0 Å². The van der Waals surface area contributed by atoms with E-state index >= 15 is 0 Å². The summed E-state index contributed by atoms with van der Waals surface area (Å²) in [6, 6.07) is 23.3. The lowest BCUT2D eigenvalue weighted by molar-refractivity contribution is 0.884. The fraction of sp³-hybridized carbons (Fsp3) is 0.467. The summed E-state index contributed by atoms with van der Waals surface area (Å²) in [5, 5.41) is 7.00. The number of rotatable bonds is 10. The van der Waals surface area contributed by atoms with Crippen LogP contribution in [0.5, 0.6) is 0 Å². The first kappa shape index (κ1) is 25.4. The molecule has 1 aliphatic rings. The minimum Gasteiger partial charge on any atom is -0.0652 e. The van der Waals surface area contributed by atoms with Crippen molar-refractivity contribution in [1.82, 2.24) is 0 Å². The van der Waals surface area contributed by atoms with Gasteiger partial charge in [0.25, 0.3) is 0 Å². The smallest absolute Gasteiger partial charge is 0.0652 e. The minimum atomic E-state index is -1.38. The second-order valence-corrected chi connectivity index (χ2v) is 16.9. The average Bonchev–Trinajstić information content (AvgIpc) is 2.84. The summed E-state index contributed by atoms with van der Waals surface area (Å²) in [5.41, 5.74) is 0. The summed E-state index contributed by atoms with van der Waals surface area (Å²) in [6.45, 7) is 9.41. The maximum atomic E-state index is 2.67. The Balaban J connectivity index is 2.23. The quantitative estimate of drug-likeness (QED) is 0.307. The normalized spacial score (nSPS) is 26.0. The van der Waals surface area contributed by atoms with Crippen LogP contribution in [0.2, 0.25) is 0 Å². The van der Waals surface area contributed by atoms with Gasteiger partial charge in [0.1, 0.15) is 23.0 Å². The zero-order chi connectivity index (χ0) is 22.9. The van der Waals surface area contributed by atoms with E-state index in [-0.39, 0.29) is 0 Å². The van der Waals surface area contributed by atoms with E-state index in [4.69, 9.17) is 0 Å². The highest BCUT2D eigenvalue weighted by molar-refractivity contribution is 7.94. The molecule has 0 aliphatic carbocycles. The van der Waals surface area contributed by atoms with Gasteiger partial charge in [0.05, 0.1) is 37.5 Å². The minimum absolute atomic E-state index is 1.16. The van der Waals surface area contributed by atoms with Crippen molar-refractivity contribution in [2.45, 2.75) is 66.2 Å². The van der Waals surface area contributed by atoms with Gasteiger partial charge in [-0.3, -0.25) is 0 Å². The predicted octanol–water partition coefficient (Wildman–Crippen LogP) is 8.87. The molecule has 0 spiro atoms. The number of unbranched alkanes of at least 4 members (excludes halogenated alkanes) is 2. The van der Waals surface area contributed by atoms with Crippen LogP contribution < -0.4 is 10.6 Å². The van der Waals surface area contributed by atoms with Crippen LogP contribution in [0.25, 0.3) is 0 Å². The van der Waals surface area contributed by atoms with Crippen LogP contribution in [-0.4, -0.2) is 24.6 Å². The molecule has 32 heavy (non-hydrogen) atoms. The largest absolute Gasteiger partial charge is 0.125 e. The molecule has 1 saturated heterocycles. The monoisotopic (exact) mass is 466 g/mol. The molecule has 0 nitrogen and oxygen atoms in total. The highest BCUT2D eigenvalue weighted by atomic mass is 31.2. The standard InChI is InChI=1S/C30H44P2/c1-5-9-23-31(27-19-13-11-14-20-27)25-30(18-8-4)32(24-10-6-2,26-29(31)17-7-3)28-21-15-12-16-22-28/h11-22H,5-10,23-26H2,1-4H3/q+2. The lowest BCUT2D eigenvalue weighted by Crippen LogP contribution is -2.32. The van der Waals surface area contributed by atoms with Gasteiger partial charge in [0, 0.05) is 0 Å². The first-order valence-electron chi connectivity index (χ1n) is 12.9. The summed E-state index contributed by atoms with van der Waals surface area (Å²) in [7, 11) is -2.77. The first-order chi connectivity index (χ1) is 15.7. The maximum Gasteiger partial charge on any atom is 0.125 e. The highest BCUT2D eigenvalue weighted by Crippen LogP contribution is 2.81. The van der Waals surface area contributed by atoms with Gasteiger partial charge in [0.2, 0.25) is 0 Å². The molecule has 0 saturated carbocycles. The molecule has 0 radical (unpaired) electrons. The third kappa shape index (κ3) is 5.29. The van der Waals surface area contributed by atoms with Crippen molar-refractivity contribution in [2.75, 3.05) is 24.6 Å². The second-order valence-electron chi connectivity index (χ2n) is 9.28. The second kappa shape index (κ2) is 12.3. The molecule has 1 fully saturated rings. The first-order valence-corrected chi connectivity index (χ1v) is 17.2. The fourth-order valence-corrected chi connectivity index (χ4v) is 17.6. The Kier molecular flexibility index (Phi) is 9.77. The van der Waals surface area contributed by atoms with Crippen molar-refractivity contribution in [3.8, 4) is 0 Å². The summed E-state index contributed by atoms with van der Waals surface area (Å²) >= 11 is 0. The van der Waals surface area contributed by atoms with E-state index in [1.807, 2.05) is 10.6 Å². The Bertz CT molecular complexity index is 808. The Hall–Kier alpha value is -1.22. The van der Waals surface area contributed by atoms with E-state index in [1.54, 1.807) is 10.6 Å². The molecule has 1 aliphatic heterocycles. The van der Waals surface area contributed by atoms with Gasteiger partial charge in [0.15, 0.2) is 0 Å². The number of benzene rings is 2. The molecule has 0 N–H and O–H groups in total. The Morgan fingerprint density at radius 1 is 0.594 bits per heavy atom. The van der Waals surface area contributed by atoms with Crippen LogP contribution in [0, 0.1) is 0 Å². The van der Waals surface area contributed by atoms with Crippen LogP contribution in [0.3, 0.4) is 0 Å². The van der Waals surface area contributed by atoms with Crippen molar-refractivity contribution < 1.29 is 0 Å². The van der Waals surface area contributed by atoms with E-state index < -0.39 is 14.5 Å². The third-order valence-electron chi connectivity index (χ3n) is 7.13. The molecule has 3 rings (SSSR count). The van der Waals surface area contributed by atoms with Crippen molar-refractivity contribution >= 4 is 25.1 Å². The Labute approximate surface area is 199 Å². The zero-order valence-corrected chi connectivity index (χ0v) is 22.7. The molecule has 0 aromatic heterocycles. The predicted molar refractivity (Wildman–Crippen MR) is 152 cm³/mol. The molecule has 2 atom stereocenters. The van der Waals surface area contributed by atoms with Crippen LogP contribution in [0.4, 0.5) is 0 Å². The topological polar surface area (TPSA) is 0 Å². The maximum absolute atomic E-state index is 2.67. The summed E-state index contributed by atoms with van der Waals surface area (Å²) in [5.74, 6) is 0. The molecule has 172 valence electrons. The molecular weight excluding hydrogens is 422 g/mol. The van der Waals surface area contributed by atoms with Crippen molar-refractivity contribution in [3.05, 3.63) is 83.4 Å². The highest BCUT2D eigenvalue weighted by Gasteiger charge is 2.60. The molecule has 2 aromatic rings. The van der Waals surface area contributed by atoms with Crippen molar-refractivity contribution in [1.29, 1.82) is 0 Å². The number of allylic oxidation sites excluding steroid dienone is 4. The van der Waals surface area contributed by atoms with Gasteiger partial charge >= 0.3 is 0 Å². The summed E-state index contributed by atoms with van der Waals surface area (Å²) < 4.78 is 0. The molecule has 0 amide bonds. The van der Waals surface area contributed by atoms with Crippen molar-refractivity contribution in [3.63, 3.8) is 0 Å². The average molecular weight is 467 g/mol. The van der Waals surface area contributed by atoms with E-state index in [0.717, 1.165) is 12.8 Å². The molecule has 2 heteroatoms. The molecule has 1 heterocycles. The molecule has 2 unspecified atom stereocenters. The van der Waals surface area contributed by atoms with Gasteiger partial charge < -0.3 is 0 Å². The van der Waals surface area contributed by atoms with Gasteiger partial charge in [-0.1, -0.05) is 76.9 Å². The van der Waals surface area contributed by atoms with E-state index in [1.165, 1.54) is 50.3 Å². The number of hydrogen-bond acceptors (Lipinski definition) is 0. The van der Waals surface area contributed by atoms with Gasteiger partial charge in [-0.2, -0.15) is 0 Å². The van der Waals surface area contributed by atoms with E-state index in [2.05, 4.69) is 101 Å². The Morgan fingerprint density at radius 2 is 0.969 bits per heavy atom. The lowest BCUT2D eigenvalue weighted by Gasteiger charge is -2.41. The SMILES string of the molecule is CCC=C1C[P+](CCCC)(c2ccccc2)C(=CCC)C[P+]1(CCCC)c1ccccc1. The van der Waals surface area contributed by atoms with Gasteiger partial charge in [-0.25, -0.2) is 0 Å². The van der Waals surface area contributed by atoms with Crippen LogP contribution in [-0.2, 0) is 0 Å². The van der Waals surface area contributed by atoms with Gasteiger partial charge in [-0.05, 0) is 62.1 Å². The fourth-order valence-electron chi connectivity index (χ4n) is 5.48. The lowest BCUT2D eigenvalue weighted by atomic mass is 10.4. The van der Waals surface area contributed by atoms with Crippen LogP contribution in [0.15, 0.2) is 83.4 Å². The van der Waals surface area contributed by atoms with Gasteiger partial charge in [-0.15, -0.1) is 0 Å². The van der Waals surface area contributed by atoms with Crippen molar-refractivity contribution in [2.24, 2.45) is 0 Å². The van der Waals surface area contributed by atoms with Crippen LogP contribution >= 0.6 is 14.5 Å². The summed E-state index contributed by atoms with van der Waals surface area (Å²) in [6.07, 6.45) is 18.3. The molecule has 2 aromatic carbocycles. The Morgan fingerprint density at radius 3 is 1.28 bits per heavy atom. The number of hydrogen-bond donors (Lipinski definition) is 0. The van der Waals surface area contributed by atoms with Crippen LogP contribution in [0.1, 0.15) is 66.2 Å². The third-order valence-corrected chi connectivity index (χ3v) is 17.0. The summed E-state index contributed by atoms with van der Waals surface area (Å²) in [4.78, 5) is 0. The molecular formula is C30H44P2+2. The molecule has 0 bridgehead atoms.